The molecule has 27 heavy (non-hydrogen) atoms. The number of nitro benzene ring substituents is 1. The number of primary sulfonamides is 1. The Balaban J connectivity index is 1.67. The molecular formula is C17H17N5O4S. The smallest absolute Gasteiger partial charge is 0.293 e. The first kappa shape index (κ1) is 17.4. The standard InChI is InChI=1S/C17H17N5O4S/c18-27(25,26)12-7-8-13(16(9-12)22(23)24)19-10-17-20-14-3-1-2-4-15(14)21(17)11-5-6-11/h1-4,7-9,11,19H,5-6,10H2,(H2,18,25,26). The molecule has 0 bridgehead atoms. The second-order valence-corrected chi connectivity index (χ2v) is 8.01. The lowest BCUT2D eigenvalue weighted by molar-refractivity contribution is -0.384. The fourth-order valence-corrected chi connectivity index (χ4v) is 3.66. The van der Waals surface area contributed by atoms with Crippen molar-refractivity contribution in [3.8, 4) is 0 Å². The minimum Gasteiger partial charge on any atom is -0.372 e. The third kappa shape index (κ3) is 3.36. The lowest BCUT2D eigenvalue weighted by Gasteiger charge is -2.10. The highest BCUT2D eigenvalue weighted by Gasteiger charge is 2.28. The zero-order valence-corrected chi connectivity index (χ0v) is 15.0. The van der Waals surface area contributed by atoms with Crippen molar-refractivity contribution < 1.29 is 13.3 Å². The number of rotatable bonds is 6. The van der Waals surface area contributed by atoms with E-state index in [0.29, 0.717) is 6.04 Å². The van der Waals surface area contributed by atoms with Gasteiger partial charge in [0.05, 0.1) is 27.4 Å². The van der Waals surface area contributed by atoms with Crippen LogP contribution in [0.4, 0.5) is 11.4 Å². The molecule has 0 aliphatic heterocycles. The summed E-state index contributed by atoms with van der Waals surface area (Å²) in [6, 6.07) is 11.8. The first-order chi connectivity index (χ1) is 12.8. The van der Waals surface area contributed by atoms with Crippen molar-refractivity contribution in [2.75, 3.05) is 5.32 Å². The Kier molecular flexibility index (Phi) is 4.08. The molecule has 1 saturated carbocycles. The maximum absolute atomic E-state index is 11.4. The van der Waals surface area contributed by atoms with E-state index in [1.165, 1.54) is 12.1 Å². The van der Waals surface area contributed by atoms with Gasteiger partial charge in [-0.2, -0.15) is 0 Å². The van der Waals surface area contributed by atoms with Crippen LogP contribution in [-0.4, -0.2) is 22.9 Å². The summed E-state index contributed by atoms with van der Waals surface area (Å²) in [6.45, 7) is 0.279. The Bertz CT molecular complexity index is 1150. The number of imidazole rings is 1. The number of nitrogens with zero attached hydrogens (tertiary/aromatic N) is 3. The van der Waals surface area contributed by atoms with E-state index in [1.54, 1.807) is 0 Å². The minimum absolute atomic E-state index is 0.210. The molecule has 0 amide bonds. The molecule has 4 rings (SSSR count). The van der Waals surface area contributed by atoms with E-state index in [2.05, 4.69) is 14.9 Å². The van der Waals surface area contributed by atoms with Crippen molar-refractivity contribution in [1.82, 2.24) is 9.55 Å². The van der Waals surface area contributed by atoms with Gasteiger partial charge < -0.3 is 9.88 Å². The van der Waals surface area contributed by atoms with Crippen molar-refractivity contribution >= 4 is 32.4 Å². The molecule has 0 unspecified atom stereocenters. The molecule has 3 aromatic rings. The molecule has 0 saturated heterocycles. The van der Waals surface area contributed by atoms with Crippen molar-refractivity contribution in [2.45, 2.75) is 30.3 Å². The van der Waals surface area contributed by atoms with Crippen LogP contribution >= 0.6 is 0 Å². The van der Waals surface area contributed by atoms with Gasteiger partial charge in [-0.25, -0.2) is 18.5 Å². The van der Waals surface area contributed by atoms with E-state index in [1.807, 2.05) is 24.3 Å². The van der Waals surface area contributed by atoms with Gasteiger partial charge in [0.15, 0.2) is 0 Å². The molecule has 2 aromatic carbocycles. The molecule has 0 radical (unpaired) electrons. The summed E-state index contributed by atoms with van der Waals surface area (Å²) in [5, 5.41) is 19.4. The van der Waals surface area contributed by atoms with Gasteiger partial charge >= 0.3 is 0 Å². The number of anilines is 1. The van der Waals surface area contributed by atoms with Crippen LogP contribution in [0, 0.1) is 10.1 Å². The van der Waals surface area contributed by atoms with Crippen molar-refractivity contribution in [1.29, 1.82) is 0 Å². The summed E-state index contributed by atoms with van der Waals surface area (Å²) in [7, 11) is -4.02. The fraction of sp³-hybridized carbons (Fsp3) is 0.235. The quantitative estimate of drug-likeness (QED) is 0.493. The summed E-state index contributed by atoms with van der Waals surface area (Å²) in [5.74, 6) is 0.781. The highest BCUT2D eigenvalue weighted by atomic mass is 32.2. The zero-order valence-electron chi connectivity index (χ0n) is 14.2. The molecule has 1 aliphatic carbocycles. The Morgan fingerprint density at radius 3 is 2.67 bits per heavy atom. The molecule has 1 heterocycles. The zero-order chi connectivity index (χ0) is 19.2. The summed E-state index contributed by atoms with van der Waals surface area (Å²) < 4.78 is 25.1. The van der Waals surface area contributed by atoms with Crippen LogP contribution in [0.15, 0.2) is 47.4 Å². The molecule has 1 aliphatic rings. The van der Waals surface area contributed by atoms with Crippen LogP contribution < -0.4 is 10.5 Å². The molecule has 0 spiro atoms. The summed E-state index contributed by atoms with van der Waals surface area (Å²) in [5.41, 5.74) is 1.77. The van der Waals surface area contributed by atoms with Crippen LogP contribution in [0.25, 0.3) is 11.0 Å². The number of nitro groups is 1. The fourth-order valence-electron chi connectivity index (χ4n) is 3.12. The largest absolute Gasteiger partial charge is 0.372 e. The van der Waals surface area contributed by atoms with Crippen LogP contribution in [0.2, 0.25) is 0 Å². The summed E-state index contributed by atoms with van der Waals surface area (Å²) in [6.07, 6.45) is 2.16. The van der Waals surface area contributed by atoms with E-state index >= 15 is 0 Å². The Morgan fingerprint density at radius 1 is 1.26 bits per heavy atom. The van der Waals surface area contributed by atoms with Crippen LogP contribution in [0.5, 0.6) is 0 Å². The lowest BCUT2D eigenvalue weighted by Crippen LogP contribution is -2.13. The topological polar surface area (TPSA) is 133 Å². The monoisotopic (exact) mass is 387 g/mol. The first-order valence-corrected chi connectivity index (χ1v) is 9.90. The number of benzene rings is 2. The predicted molar refractivity (Wildman–Crippen MR) is 99.8 cm³/mol. The van der Waals surface area contributed by atoms with Gasteiger partial charge in [-0.15, -0.1) is 0 Å². The average Bonchev–Trinajstić information content (AvgIpc) is 3.39. The first-order valence-electron chi connectivity index (χ1n) is 8.35. The van der Waals surface area contributed by atoms with Gasteiger partial charge in [0, 0.05) is 12.1 Å². The second kappa shape index (κ2) is 6.32. The lowest BCUT2D eigenvalue weighted by atomic mass is 10.2. The number of fused-ring (bicyclic) bond motifs is 1. The highest BCUT2D eigenvalue weighted by Crippen LogP contribution is 2.39. The van der Waals surface area contributed by atoms with E-state index in [-0.39, 0.29) is 22.8 Å². The normalized spacial score (nSPS) is 14.4. The summed E-state index contributed by atoms with van der Waals surface area (Å²) in [4.78, 5) is 15.0. The number of nitrogens with two attached hydrogens (primary N) is 1. The molecule has 9 nitrogen and oxygen atoms in total. The van der Waals surface area contributed by atoms with Gasteiger partial charge in [0.25, 0.3) is 5.69 Å². The number of hydrogen-bond acceptors (Lipinski definition) is 6. The number of sulfonamides is 1. The number of hydrogen-bond donors (Lipinski definition) is 2. The van der Waals surface area contributed by atoms with Crippen molar-refractivity contribution in [3.05, 3.63) is 58.4 Å². The molecular weight excluding hydrogens is 370 g/mol. The van der Waals surface area contributed by atoms with Gasteiger partial charge in [-0.05, 0) is 37.1 Å². The maximum Gasteiger partial charge on any atom is 0.293 e. The van der Waals surface area contributed by atoms with E-state index < -0.39 is 14.9 Å². The minimum atomic E-state index is -4.02. The van der Waals surface area contributed by atoms with Gasteiger partial charge in [-0.1, -0.05) is 12.1 Å². The van der Waals surface area contributed by atoms with Gasteiger partial charge in [0.1, 0.15) is 11.5 Å². The molecule has 1 aromatic heterocycles. The molecule has 10 heteroatoms. The van der Waals surface area contributed by atoms with Gasteiger partial charge in [0.2, 0.25) is 10.0 Å². The Labute approximate surface area is 155 Å². The highest BCUT2D eigenvalue weighted by molar-refractivity contribution is 7.89. The third-order valence-corrected chi connectivity index (χ3v) is 5.42. The molecule has 140 valence electrons. The molecule has 1 fully saturated rings. The number of aromatic nitrogens is 2. The average molecular weight is 387 g/mol. The predicted octanol–water partition coefficient (Wildman–Crippen LogP) is 2.54. The summed E-state index contributed by atoms with van der Waals surface area (Å²) >= 11 is 0. The Hall–Kier alpha value is -2.98. The number of para-hydroxylation sites is 2. The van der Waals surface area contributed by atoms with Crippen LogP contribution in [-0.2, 0) is 16.6 Å². The molecule has 3 N–H and O–H groups in total. The van der Waals surface area contributed by atoms with Crippen LogP contribution in [0.1, 0.15) is 24.7 Å². The maximum atomic E-state index is 11.4. The van der Waals surface area contributed by atoms with Crippen molar-refractivity contribution in [2.24, 2.45) is 5.14 Å². The van der Waals surface area contributed by atoms with E-state index in [0.717, 1.165) is 35.8 Å². The number of nitrogens with one attached hydrogen (secondary N) is 1. The van der Waals surface area contributed by atoms with Crippen molar-refractivity contribution in [3.63, 3.8) is 0 Å². The van der Waals surface area contributed by atoms with Gasteiger partial charge in [-0.3, -0.25) is 10.1 Å². The van der Waals surface area contributed by atoms with E-state index in [4.69, 9.17) is 5.14 Å². The second-order valence-electron chi connectivity index (χ2n) is 6.45. The third-order valence-electron chi connectivity index (χ3n) is 4.51. The van der Waals surface area contributed by atoms with E-state index in [9.17, 15) is 18.5 Å². The Morgan fingerprint density at radius 2 is 2.00 bits per heavy atom. The molecule has 0 atom stereocenters. The SMILES string of the molecule is NS(=O)(=O)c1ccc(NCc2nc3ccccc3n2C2CC2)c([N+](=O)[O-])c1. The van der Waals surface area contributed by atoms with Crippen LogP contribution in [0.3, 0.4) is 0 Å².